The SMILES string of the molecule is COc1cc(C(=O)OC2Cc3c(O)cc(O)cc3O[C@@H]2c2cc(O)c(O)c(O)c2)cc(O)c1O. The molecule has 0 saturated carbocycles. The monoisotopic (exact) mass is 472 g/mol. The molecule has 0 aromatic heterocycles. The summed E-state index contributed by atoms with van der Waals surface area (Å²) < 4.78 is 16.4. The number of rotatable bonds is 4. The molecule has 0 saturated heterocycles. The largest absolute Gasteiger partial charge is 0.508 e. The van der Waals surface area contributed by atoms with E-state index in [4.69, 9.17) is 14.2 Å². The number of carbonyl (C=O) groups is 1. The average molecular weight is 472 g/mol. The first-order valence-electron chi connectivity index (χ1n) is 9.86. The summed E-state index contributed by atoms with van der Waals surface area (Å²) in [7, 11) is 1.23. The molecule has 1 heterocycles. The summed E-state index contributed by atoms with van der Waals surface area (Å²) in [5.74, 6) is -4.87. The van der Waals surface area contributed by atoms with Crippen molar-refractivity contribution in [1.82, 2.24) is 0 Å². The second-order valence-corrected chi connectivity index (χ2v) is 7.58. The maximum absolute atomic E-state index is 12.9. The van der Waals surface area contributed by atoms with Crippen molar-refractivity contribution >= 4 is 5.97 Å². The van der Waals surface area contributed by atoms with Crippen LogP contribution < -0.4 is 9.47 Å². The summed E-state index contributed by atoms with van der Waals surface area (Å²) in [5, 5.41) is 69.3. The lowest BCUT2D eigenvalue weighted by Gasteiger charge is -2.34. The van der Waals surface area contributed by atoms with E-state index < -0.39 is 46.9 Å². The molecular weight excluding hydrogens is 452 g/mol. The Morgan fingerprint density at radius 3 is 2.15 bits per heavy atom. The zero-order chi connectivity index (χ0) is 24.7. The number of methoxy groups -OCH3 is 1. The molecule has 3 aromatic carbocycles. The number of phenolic OH excluding ortho intramolecular Hbond substituents is 7. The zero-order valence-electron chi connectivity index (χ0n) is 17.6. The van der Waals surface area contributed by atoms with Crippen LogP contribution in [-0.4, -0.2) is 54.9 Å². The highest BCUT2D eigenvalue weighted by molar-refractivity contribution is 5.91. The summed E-state index contributed by atoms with van der Waals surface area (Å²) in [6.07, 6.45) is -2.38. The van der Waals surface area contributed by atoms with Crippen molar-refractivity contribution in [1.29, 1.82) is 0 Å². The summed E-state index contributed by atoms with van der Waals surface area (Å²) >= 11 is 0. The van der Waals surface area contributed by atoms with E-state index in [1.807, 2.05) is 0 Å². The van der Waals surface area contributed by atoms with Gasteiger partial charge < -0.3 is 50.0 Å². The third-order valence-electron chi connectivity index (χ3n) is 5.36. The number of fused-ring (bicyclic) bond motifs is 1. The molecule has 0 amide bonds. The summed E-state index contributed by atoms with van der Waals surface area (Å²) in [4.78, 5) is 12.9. The molecule has 3 aromatic rings. The minimum Gasteiger partial charge on any atom is -0.508 e. The molecule has 0 bridgehead atoms. The molecule has 1 aliphatic heterocycles. The first-order chi connectivity index (χ1) is 16.1. The fraction of sp³-hybridized carbons (Fsp3) is 0.174. The molecule has 0 spiro atoms. The van der Waals surface area contributed by atoms with Crippen LogP contribution in [0.2, 0.25) is 0 Å². The Morgan fingerprint density at radius 2 is 1.50 bits per heavy atom. The van der Waals surface area contributed by atoms with Crippen LogP contribution in [-0.2, 0) is 11.2 Å². The minimum atomic E-state index is -1.15. The van der Waals surface area contributed by atoms with E-state index in [2.05, 4.69) is 0 Å². The Hall–Kier alpha value is -4.67. The van der Waals surface area contributed by atoms with Crippen LogP contribution in [0.3, 0.4) is 0 Å². The van der Waals surface area contributed by atoms with Gasteiger partial charge in [-0.15, -0.1) is 0 Å². The molecule has 4 rings (SSSR count). The van der Waals surface area contributed by atoms with Crippen molar-refractivity contribution < 1.29 is 54.8 Å². The summed E-state index contributed by atoms with van der Waals surface area (Å²) in [6, 6.07) is 6.65. The number of benzene rings is 3. The number of aromatic hydroxyl groups is 7. The van der Waals surface area contributed by atoms with Crippen LogP contribution in [0.1, 0.15) is 27.6 Å². The van der Waals surface area contributed by atoms with Gasteiger partial charge in [-0.1, -0.05) is 0 Å². The van der Waals surface area contributed by atoms with E-state index in [-0.39, 0.29) is 46.1 Å². The first kappa shape index (κ1) is 22.5. The normalized spacial score (nSPS) is 16.9. The molecular formula is C23H20O11. The highest BCUT2D eigenvalue weighted by atomic mass is 16.6. The zero-order valence-corrected chi connectivity index (χ0v) is 17.6. The van der Waals surface area contributed by atoms with Gasteiger partial charge in [0.25, 0.3) is 0 Å². The number of hydrogen-bond donors (Lipinski definition) is 7. The Labute approximate surface area is 191 Å². The van der Waals surface area contributed by atoms with Gasteiger partial charge in [0.15, 0.2) is 34.9 Å². The van der Waals surface area contributed by atoms with Crippen molar-refractivity contribution in [2.75, 3.05) is 7.11 Å². The lowest BCUT2D eigenvalue weighted by atomic mass is 9.93. The van der Waals surface area contributed by atoms with Gasteiger partial charge in [-0.05, 0) is 24.3 Å². The molecule has 0 radical (unpaired) electrons. The molecule has 34 heavy (non-hydrogen) atoms. The minimum absolute atomic E-state index is 0.0748. The molecule has 7 N–H and O–H groups in total. The summed E-state index contributed by atoms with van der Waals surface area (Å²) in [6.45, 7) is 0. The smallest absolute Gasteiger partial charge is 0.338 e. The van der Waals surface area contributed by atoms with Gasteiger partial charge in [0, 0.05) is 29.7 Å². The van der Waals surface area contributed by atoms with Gasteiger partial charge in [0.2, 0.25) is 5.75 Å². The van der Waals surface area contributed by atoms with Gasteiger partial charge in [-0.25, -0.2) is 4.79 Å². The average Bonchev–Trinajstić information content (AvgIpc) is 2.78. The second-order valence-electron chi connectivity index (χ2n) is 7.58. The number of phenols is 7. The Kier molecular flexibility index (Phi) is 5.53. The van der Waals surface area contributed by atoms with Crippen molar-refractivity contribution in [2.24, 2.45) is 0 Å². The van der Waals surface area contributed by atoms with Crippen LogP contribution in [0.15, 0.2) is 36.4 Å². The molecule has 11 heteroatoms. The van der Waals surface area contributed by atoms with Crippen LogP contribution >= 0.6 is 0 Å². The van der Waals surface area contributed by atoms with Crippen LogP contribution in [0.5, 0.6) is 51.7 Å². The summed E-state index contributed by atoms with van der Waals surface area (Å²) in [5.41, 5.74) is 0.179. The lowest BCUT2D eigenvalue weighted by Crippen LogP contribution is -2.34. The third-order valence-corrected chi connectivity index (χ3v) is 5.36. The van der Waals surface area contributed by atoms with Crippen molar-refractivity contribution in [3.05, 3.63) is 53.1 Å². The van der Waals surface area contributed by atoms with Crippen LogP contribution in [0.25, 0.3) is 0 Å². The predicted octanol–water partition coefficient (Wildman–Crippen LogP) is 2.54. The Balaban J connectivity index is 1.75. The van der Waals surface area contributed by atoms with E-state index in [1.54, 1.807) is 0 Å². The van der Waals surface area contributed by atoms with E-state index in [1.165, 1.54) is 13.2 Å². The maximum Gasteiger partial charge on any atom is 0.338 e. The number of hydrogen-bond acceptors (Lipinski definition) is 11. The quantitative estimate of drug-likeness (QED) is 0.218. The van der Waals surface area contributed by atoms with E-state index in [9.17, 15) is 40.5 Å². The molecule has 11 nitrogen and oxygen atoms in total. The van der Waals surface area contributed by atoms with Gasteiger partial charge in [-0.2, -0.15) is 0 Å². The predicted molar refractivity (Wildman–Crippen MR) is 114 cm³/mol. The topological polar surface area (TPSA) is 186 Å². The standard InChI is InChI=1S/C23H20O11/c1-32-18-5-10(4-16(28)21(18)30)23(31)34-19-8-12-13(25)6-11(24)7-17(12)33-22(19)9-2-14(26)20(29)15(27)3-9/h2-7,19,22,24-30H,8H2,1H3/t19?,22-/m1/s1. The fourth-order valence-electron chi connectivity index (χ4n) is 3.70. The molecule has 0 aliphatic carbocycles. The van der Waals surface area contributed by atoms with Crippen LogP contribution in [0.4, 0.5) is 0 Å². The Bertz CT molecular complexity index is 1260. The number of esters is 1. The highest BCUT2D eigenvalue weighted by Crippen LogP contribution is 2.46. The van der Waals surface area contributed by atoms with Crippen LogP contribution in [0, 0.1) is 0 Å². The molecule has 2 atom stereocenters. The lowest BCUT2D eigenvalue weighted by molar-refractivity contribution is -0.0189. The van der Waals surface area contributed by atoms with E-state index >= 15 is 0 Å². The fourth-order valence-corrected chi connectivity index (χ4v) is 3.70. The van der Waals surface area contributed by atoms with Crippen molar-refractivity contribution in [3.8, 4) is 51.7 Å². The second kappa shape index (κ2) is 8.35. The van der Waals surface area contributed by atoms with Crippen molar-refractivity contribution in [3.63, 3.8) is 0 Å². The highest BCUT2D eigenvalue weighted by Gasteiger charge is 2.37. The molecule has 1 unspecified atom stereocenters. The first-order valence-corrected chi connectivity index (χ1v) is 9.86. The maximum atomic E-state index is 12.9. The third kappa shape index (κ3) is 3.94. The van der Waals surface area contributed by atoms with Crippen molar-refractivity contribution in [2.45, 2.75) is 18.6 Å². The van der Waals surface area contributed by atoms with E-state index in [0.717, 1.165) is 30.3 Å². The molecule has 1 aliphatic rings. The Morgan fingerprint density at radius 1 is 0.853 bits per heavy atom. The van der Waals surface area contributed by atoms with Gasteiger partial charge >= 0.3 is 5.97 Å². The van der Waals surface area contributed by atoms with E-state index in [0.29, 0.717) is 0 Å². The molecule has 0 fully saturated rings. The van der Waals surface area contributed by atoms with Gasteiger partial charge in [0.1, 0.15) is 23.4 Å². The van der Waals surface area contributed by atoms with Gasteiger partial charge in [-0.3, -0.25) is 0 Å². The molecule has 178 valence electrons. The number of carbonyl (C=O) groups excluding carboxylic acids is 1. The van der Waals surface area contributed by atoms with Gasteiger partial charge in [0.05, 0.1) is 12.7 Å². The number of ether oxygens (including phenoxy) is 3.